The number of alkyl halides is 2. The fourth-order valence-corrected chi connectivity index (χ4v) is 8.95. The minimum absolute atomic E-state index is 0.00502. The maximum atomic E-state index is 15.4. The smallest absolute Gasteiger partial charge is 0.287 e. The van der Waals surface area contributed by atoms with Gasteiger partial charge in [0.05, 0.1) is 6.04 Å². The van der Waals surface area contributed by atoms with Gasteiger partial charge in [0.25, 0.3) is 17.7 Å². The minimum Gasteiger partial charge on any atom is -0.381 e. The molecule has 312 valence electrons. The van der Waals surface area contributed by atoms with Crippen molar-refractivity contribution < 1.29 is 37.9 Å². The Kier molecular flexibility index (Phi) is 13.0. The highest BCUT2D eigenvalue weighted by Crippen LogP contribution is 2.51. The van der Waals surface area contributed by atoms with Gasteiger partial charge in [-0.3, -0.25) is 24.0 Å². The molecule has 3 saturated carbocycles. The third-order valence-corrected chi connectivity index (χ3v) is 12.3. The molecular weight excluding hydrogens is 737 g/mol. The predicted octanol–water partition coefficient (Wildman–Crippen LogP) is 3.94. The number of aliphatic hydroxyl groups excluding tert-OH is 1. The highest BCUT2D eigenvalue weighted by Gasteiger charge is 2.61. The number of aliphatic hydroxyl groups is 1. The van der Waals surface area contributed by atoms with Crippen LogP contribution in [0, 0.1) is 23.2 Å². The molecule has 1 saturated heterocycles. The number of amides is 5. The number of nitrogens with zero attached hydrogens (tertiary/aromatic N) is 3. The Hall–Kier alpha value is -4.40. The first-order valence-corrected chi connectivity index (χ1v) is 20.7. The van der Waals surface area contributed by atoms with Gasteiger partial charge in [0.2, 0.25) is 17.7 Å². The molecule has 0 spiro atoms. The molecule has 2 heterocycles. The third kappa shape index (κ3) is 9.84. The Morgan fingerprint density at radius 3 is 2.30 bits per heavy atom. The van der Waals surface area contributed by atoms with Gasteiger partial charge in [-0.15, -0.1) is 0 Å². The first-order chi connectivity index (χ1) is 27.1. The molecule has 0 radical (unpaired) electrons. The van der Waals surface area contributed by atoms with E-state index in [0.29, 0.717) is 25.8 Å². The molecule has 1 aromatic heterocycles. The number of hydrogen-bond donors (Lipinski definition) is 5. The molecule has 3 aliphatic carbocycles. The number of fused-ring (bicyclic) bond motifs is 1. The van der Waals surface area contributed by atoms with Gasteiger partial charge in [-0.1, -0.05) is 83.7 Å². The second-order valence-corrected chi connectivity index (χ2v) is 17.7. The van der Waals surface area contributed by atoms with Crippen LogP contribution in [0.25, 0.3) is 0 Å². The molecular formula is C42H59F2N7O6. The number of hydrogen-bond acceptors (Lipinski definition) is 7. The van der Waals surface area contributed by atoms with Crippen molar-refractivity contribution in [2.24, 2.45) is 23.2 Å². The highest BCUT2D eigenvalue weighted by atomic mass is 19.3. The molecule has 5 N–H and O–H groups in total. The van der Waals surface area contributed by atoms with E-state index >= 15 is 8.78 Å². The molecule has 4 aliphatic rings. The number of carbonyl (C=O) groups is 5. The van der Waals surface area contributed by atoms with Crippen LogP contribution in [0.2, 0.25) is 0 Å². The van der Waals surface area contributed by atoms with Gasteiger partial charge in [0.1, 0.15) is 18.1 Å². The van der Waals surface area contributed by atoms with Crippen LogP contribution < -0.4 is 21.3 Å². The average molecular weight is 796 g/mol. The van der Waals surface area contributed by atoms with E-state index in [1.165, 1.54) is 11.1 Å². The van der Waals surface area contributed by atoms with E-state index in [-0.39, 0.29) is 30.6 Å². The van der Waals surface area contributed by atoms with Crippen LogP contribution in [-0.2, 0) is 25.7 Å². The second-order valence-electron chi connectivity index (χ2n) is 17.7. The Labute approximate surface area is 333 Å². The Morgan fingerprint density at radius 1 is 0.947 bits per heavy atom. The Morgan fingerprint density at radius 2 is 1.65 bits per heavy atom. The number of imidazole rings is 1. The van der Waals surface area contributed by atoms with Gasteiger partial charge >= 0.3 is 0 Å². The summed E-state index contributed by atoms with van der Waals surface area (Å²) in [7, 11) is 0. The number of benzene rings is 1. The molecule has 1 aliphatic heterocycles. The van der Waals surface area contributed by atoms with Crippen molar-refractivity contribution in [2.75, 3.05) is 6.54 Å². The van der Waals surface area contributed by atoms with Gasteiger partial charge < -0.3 is 35.8 Å². The summed E-state index contributed by atoms with van der Waals surface area (Å²) >= 11 is 0. The summed E-state index contributed by atoms with van der Waals surface area (Å²) in [4.78, 5) is 75.6. The van der Waals surface area contributed by atoms with Crippen molar-refractivity contribution in [3.8, 4) is 0 Å². The molecule has 6 rings (SSSR count). The first-order valence-electron chi connectivity index (χ1n) is 20.7. The Balaban J connectivity index is 1.23. The monoisotopic (exact) mass is 795 g/mol. The standard InChI is InChI=1S/C42H59F2N7O6/c1-5-12-30(33(52)38(55)46-27-17-18-27)47-37(54)32-28-19-20-42(43,44)29(28)24-51(32)40(57)34(41(2,3)4)49-36(53)31(26-15-10-7-11-16-26)48-39(56)35-45-21-22-50(35)23-25-13-8-6-9-14-25/h6,8-9,13-14,21-22,26-34,52H,5,7,10-12,15-20,23-24H2,1-4H3,(H,46,55)(H,47,54)(H,48,56)(H,49,53)/t28-,29-,30?,31-,32-,33?,34+/m0/s1. The van der Waals surface area contributed by atoms with Crippen LogP contribution >= 0.6 is 0 Å². The van der Waals surface area contributed by atoms with Gasteiger partial charge in [-0.2, -0.15) is 0 Å². The summed E-state index contributed by atoms with van der Waals surface area (Å²) in [6.45, 7) is 7.07. The zero-order valence-electron chi connectivity index (χ0n) is 33.5. The van der Waals surface area contributed by atoms with E-state index in [4.69, 9.17) is 0 Å². The van der Waals surface area contributed by atoms with Crippen molar-refractivity contribution in [1.29, 1.82) is 0 Å². The van der Waals surface area contributed by atoms with Crippen LogP contribution in [0.15, 0.2) is 42.7 Å². The average Bonchev–Trinajstić information content (AvgIpc) is 3.58. The van der Waals surface area contributed by atoms with E-state index in [0.717, 1.165) is 37.7 Å². The molecule has 4 fully saturated rings. The molecule has 57 heavy (non-hydrogen) atoms. The lowest BCUT2D eigenvalue weighted by molar-refractivity contribution is -0.146. The van der Waals surface area contributed by atoms with Crippen LogP contribution in [0.5, 0.6) is 0 Å². The van der Waals surface area contributed by atoms with Crippen molar-refractivity contribution in [2.45, 2.75) is 147 Å². The normalized spacial score (nSPS) is 24.1. The summed E-state index contributed by atoms with van der Waals surface area (Å²) in [5.41, 5.74) is 0.0210. The van der Waals surface area contributed by atoms with Gasteiger partial charge in [0.15, 0.2) is 11.9 Å². The van der Waals surface area contributed by atoms with E-state index < -0.39 is 95.9 Å². The number of halogens is 2. The van der Waals surface area contributed by atoms with E-state index in [1.807, 2.05) is 37.3 Å². The Bertz CT molecular complexity index is 1760. The largest absolute Gasteiger partial charge is 0.381 e. The number of nitrogens with one attached hydrogen (secondary N) is 4. The molecule has 0 bridgehead atoms. The SMILES string of the molecule is CCCC(NC(=O)[C@@H]1[C@H]2CCC(F)(F)[C@H]2CN1C(=O)[C@@H](NC(=O)[C@@H](NC(=O)c1nccn1Cc1ccccc1)C1CCCCC1)C(C)(C)C)C(O)C(=O)NC1CC1. The van der Waals surface area contributed by atoms with Crippen molar-refractivity contribution >= 4 is 29.5 Å². The molecule has 2 unspecified atom stereocenters. The van der Waals surface area contributed by atoms with E-state index in [2.05, 4.69) is 26.3 Å². The first kappa shape index (κ1) is 42.2. The van der Waals surface area contributed by atoms with Gasteiger partial charge in [-0.05, 0) is 61.3 Å². The zero-order valence-corrected chi connectivity index (χ0v) is 33.5. The van der Waals surface area contributed by atoms with Crippen molar-refractivity contribution in [1.82, 2.24) is 35.7 Å². The summed E-state index contributed by atoms with van der Waals surface area (Å²) in [5.74, 6) is -8.50. The summed E-state index contributed by atoms with van der Waals surface area (Å²) in [6.07, 6.45) is 7.70. The predicted molar refractivity (Wildman–Crippen MR) is 208 cm³/mol. The van der Waals surface area contributed by atoms with Crippen LogP contribution in [-0.4, -0.2) is 97.9 Å². The number of carbonyl (C=O) groups excluding carboxylic acids is 5. The lowest BCUT2D eigenvalue weighted by Gasteiger charge is -2.38. The maximum absolute atomic E-state index is 15.4. The summed E-state index contributed by atoms with van der Waals surface area (Å²) in [5, 5.41) is 22.3. The lowest BCUT2D eigenvalue weighted by Crippen LogP contribution is -2.62. The van der Waals surface area contributed by atoms with Crippen LogP contribution in [0.1, 0.15) is 115 Å². The summed E-state index contributed by atoms with van der Waals surface area (Å²) in [6, 6.07) is 4.99. The van der Waals surface area contributed by atoms with Gasteiger partial charge in [-0.25, -0.2) is 13.8 Å². The van der Waals surface area contributed by atoms with Crippen LogP contribution in [0.3, 0.4) is 0 Å². The number of rotatable bonds is 15. The van der Waals surface area contributed by atoms with Crippen LogP contribution in [0.4, 0.5) is 8.78 Å². The quantitative estimate of drug-likeness (QED) is 0.182. The highest BCUT2D eigenvalue weighted by molar-refractivity contribution is 5.98. The lowest BCUT2D eigenvalue weighted by atomic mass is 9.82. The summed E-state index contributed by atoms with van der Waals surface area (Å²) < 4.78 is 32.5. The van der Waals surface area contributed by atoms with Crippen molar-refractivity contribution in [3.63, 3.8) is 0 Å². The van der Waals surface area contributed by atoms with E-state index in [9.17, 15) is 29.1 Å². The molecule has 5 amide bonds. The molecule has 13 nitrogen and oxygen atoms in total. The van der Waals surface area contributed by atoms with Crippen molar-refractivity contribution in [3.05, 3.63) is 54.1 Å². The number of likely N-dealkylation sites (tertiary alicyclic amines) is 1. The molecule has 1 aromatic carbocycles. The maximum Gasteiger partial charge on any atom is 0.287 e. The number of aromatic nitrogens is 2. The minimum atomic E-state index is -3.12. The molecule has 2 aromatic rings. The zero-order chi connectivity index (χ0) is 41.1. The van der Waals surface area contributed by atoms with Gasteiger partial charge in [0, 0.05) is 43.9 Å². The fraction of sp³-hybridized carbons (Fsp3) is 0.667. The second kappa shape index (κ2) is 17.6. The van der Waals surface area contributed by atoms with E-state index in [1.54, 1.807) is 31.5 Å². The molecule has 15 heteroatoms. The topological polar surface area (TPSA) is 175 Å². The molecule has 7 atom stereocenters. The third-order valence-electron chi connectivity index (χ3n) is 12.3. The fourth-order valence-electron chi connectivity index (χ4n) is 8.95.